The topological polar surface area (TPSA) is 54.4 Å². The number of benzene rings is 1. The Morgan fingerprint density at radius 2 is 1.87 bits per heavy atom. The summed E-state index contributed by atoms with van der Waals surface area (Å²) < 4.78 is 4.98. The van der Waals surface area contributed by atoms with Gasteiger partial charge in [0.2, 0.25) is 5.39 Å². The minimum absolute atomic E-state index is 0.277. The Balaban J connectivity index is 2.79. The molecule has 1 aromatic carbocycles. The second-order valence-corrected chi connectivity index (χ2v) is 3.00. The monoisotopic (exact) mass is 203 g/mol. The van der Waals surface area contributed by atoms with Gasteiger partial charge in [-0.3, -0.25) is 0 Å². The van der Waals surface area contributed by atoms with Gasteiger partial charge in [0.05, 0.1) is 5.56 Å². The lowest BCUT2D eigenvalue weighted by Gasteiger charge is -2.00. The van der Waals surface area contributed by atoms with Gasteiger partial charge in [-0.15, -0.1) is 0 Å². The van der Waals surface area contributed by atoms with Crippen LogP contribution >= 0.6 is 0 Å². The summed E-state index contributed by atoms with van der Waals surface area (Å²) in [7, 11) is 0. The smallest absolute Gasteiger partial charge is 0.396 e. The van der Waals surface area contributed by atoms with Crippen LogP contribution in [0.15, 0.2) is 41.8 Å². The van der Waals surface area contributed by atoms with Gasteiger partial charge in [0.1, 0.15) is 0 Å². The molecule has 0 bridgehead atoms. The molecule has 4 nitrogen and oxygen atoms in total. The van der Waals surface area contributed by atoms with Crippen molar-refractivity contribution in [3.8, 4) is 0 Å². The molecule has 4 heteroatoms. The molecular weight excluding hydrogens is 192 g/mol. The molecule has 0 spiro atoms. The van der Waals surface area contributed by atoms with Crippen LogP contribution < -0.4 is 0 Å². The molecule has 0 radical (unpaired) electrons. The molecule has 76 valence electrons. The molecule has 0 aliphatic rings. The zero-order valence-corrected chi connectivity index (χ0v) is 8.60. The molecule has 1 rings (SSSR count). The lowest BCUT2D eigenvalue weighted by molar-refractivity contribution is 0.0623. The number of carbonyl (C=O) groups excluding carboxylic acids is 1. The molecule has 0 heterocycles. The Kier molecular flexibility index (Phi) is 3.58. The maximum atomic E-state index is 11.5. The second-order valence-electron chi connectivity index (χ2n) is 3.00. The second kappa shape index (κ2) is 4.91. The van der Waals surface area contributed by atoms with Gasteiger partial charge < -0.3 is 4.74 Å². The van der Waals surface area contributed by atoms with Crippen molar-refractivity contribution >= 4 is 5.97 Å². The quantitative estimate of drug-likeness (QED) is 0.422. The van der Waals surface area contributed by atoms with Gasteiger partial charge in [0.15, 0.2) is 10.7 Å². The number of ether oxygens (including phenoxy) is 1. The summed E-state index contributed by atoms with van der Waals surface area (Å²) in [5.41, 5.74) is 0.738. The summed E-state index contributed by atoms with van der Waals surface area (Å²) in [5.74, 6) is -0.178. The highest BCUT2D eigenvalue weighted by molar-refractivity contribution is 5.89. The van der Waals surface area contributed by atoms with E-state index in [-0.39, 0.29) is 11.5 Å². The van der Waals surface area contributed by atoms with E-state index in [1.807, 2.05) is 6.07 Å². The maximum Gasteiger partial charge on any atom is 0.396 e. The third-order valence-electron chi connectivity index (χ3n) is 1.91. The minimum Gasteiger partial charge on any atom is -0.420 e. The van der Waals surface area contributed by atoms with E-state index < -0.39 is 5.97 Å². The molecule has 0 aliphatic carbocycles. The first-order valence-electron chi connectivity index (χ1n) is 4.45. The van der Waals surface area contributed by atoms with Crippen molar-refractivity contribution in [1.82, 2.24) is 0 Å². The maximum absolute atomic E-state index is 11.5. The van der Waals surface area contributed by atoms with E-state index in [9.17, 15) is 4.79 Å². The number of diazo groups is 1. The lowest BCUT2D eigenvalue weighted by Crippen LogP contribution is -2.03. The van der Waals surface area contributed by atoms with Crippen LogP contribution in [0.3, 0.4) is 0 Å². The summed E-state index contributed by atoms with van der Waals surface area (Å²) in [4.78, 5) is 14.4. The van der Waals surface area contributed by atoms with Gasteiger partial charge in [-0.05, 0) is 12.1 Å². The van der Waals surface area contributed by atoms with Crippen molar-refractivity contribution in [3.63, 3.8) is 0 Å². The van der Waals surface area contributed by atoms with Crippen LogP contribution in [0, 0.1) is 5.39 Å². The van der Waals surface area contributed by atoms with Gasteiger partial charge in [-0.1, -0.05) is 18.2 Å². The summed E-state index contributed by atoms with van der Waals surface area (Å²) in [5, 5.41) is 8.46. The zero-order chi connectivity index (χ0) is 11.3. The van der Waals surface area contributed by atoms with Gasteiger partial charge >= 0.3 is 11.7 Å². The molecule has 0 amide bonds. The molecule has 0 unspecified atom stereocenters. The summed E-state index contributed by atoms with van der Waals surface area (Å²) in [6.07, 6.45) is 0. The van der Waals surface area contributed by atoms with E-state index >= 15 is 0 Å². The fraction of sp³-hybridized carbons (Fsp3) is 0.182. The summed E-state index contributed by atoms with van der Waals surface area (Å²) >= 11 is 0. The average Bonchev–Trinajstić information content (AvgIpc) is 2.29. The number of esters is 1. The lowest BCUT2D eigenvalue weighted by atomic mass is 10.2. The number of rotatable bonds is 2. The molecular formula is C11H11N2O2+. The van der Waals surface area contributed by atoms with Gasteiger partial charge in [-0.25, -0.2) is 4.79 Å². The predicted octanol–water partition coefficient (Wildman–Crippen LogP) is 2.95. The zero-order valence-electron chi connectivity index (χ0n) is 8.60. The first kappa shape index (κ1) is 10.9. The van der Waals surface area contributed by atoms with Crippen molar-refractivity contribution in [2.75, 3.05) is 0 Å². The Bertz CT molecular complexity index is 430. The van der Waals surface area contributed by atoms with Crippen molar-refractivity contribution in [2.24, 2.45) is 0 Å². The largest absolute Gasteiger partial charge is 0.420 e. The number of nitrogens with zero attached hydrogens (tertiary/aromatic N) is 2. The van der Waals surface area contributed by atoms with Gasteiger partial charge in [0.25, 0.3) is 0 Å². The Morgan fingerprint density at radius 1 is 1.27 bits per heavy atom. The van der Waals surface area contributed by atoms with Crippen LogP contribution in [-0.4, -0.2) is 5.97 Å². The molecule has 0 saturated heterocycles. The first-order chi connectivity index (χ1) is 7.15. The molecule has 0 N–H and O–H groups in total. The fourth-order valence-electron chi connectivity index (χ4n) is 0.916. The molecule has 15 heavy (non-hydrogen) atoms. The number of hydrogen-bond acceptors (Lipinski definition) is 3. The molecule has 0 saturated carbocycles. The summed E-state index contributed by atoms with van der Waals surface area (Å²) in [6.45, 7) is 3.11. The van der Waals surface area contributed by atoms with Crippen LogP contribution in [0.5, 0.6) is 0 Å². The van der Waals surface area contributed by atoms with Crippen molar-refractivity contribution < 1.29 is 9.53 Å². The molecule has 1 aromatic rings. The van der Waals surface area contributed by atoms with Gasteiger partial charge in [-0.2, -0.15) is 0 Å². The highest BCUT2D eigenvalue weighted by Gasteiger charge is 2.14. The summed E-state index contributed by atoms with van der Waals surface area (Å²) in [6, 6.07) is 8.62. The number of hydrogen-bond donors (Lipinski definition) is 0. The van der Waals surface area contributed by atoms with Crippen LogP contribution in [0.25, 0.3) is 4.98 Å². The van der Waals surface area contributed by atoms with E-state index in [2.05, 4.69) is 4.98 Å². The Hall–Kier alpha value is -2.15. The SMILES string of the molecule is C/C([N+]#N)=C(\C)OC(=O)c1ccccc1. The van der Waals surface area contributed by atoms with Crippen molar-refractivity contribution in [3.05, 3.63) is 52.3 Å². The van der Waals surface area contributed by atoms with Crippen LogP contribution in [0.2, 0.25) is 0 Å². The van der Waals surface area contributed by atoms with E-state index in [1.165, 1.54) is 0 Å². The van der Waals surface area contributed by atoms with Gasteiger partial charge in [0, 0.05) is 13.8 Å². The molecule has 0 aliphatic heterocycles. The van der Waals surface area contributed by atoms with E-state index in [4.69, 9.17) is 10.1 Å². The normalized spacial score (nSPS) is 11.3. The average molecular weight is 203 g/mol. The Morgan fingerprint density at radius 3 is 2.40 bits per heavy atom. The van der Waals surface area contributed by atoms with E-state index in [0.717, 1.165) is 0 Å². The van der Waals surface area contributed by atoms with Crippen LogP contribution in [0.4, 0.5) is 0 Å². The standard InChI is InChI=1S/C11H11N2O2/c1-8(13-12)9(2)15-11(14)10-6-4-3-5-7-10/h3-7H,1-2H3/q+1/b9-8-. The molecule has 0 aromatic heterocycles. The predicted molar refractivity (Wildman–Crippen MR) is 55.3 cm³/mol. The molecule has 0 fully saturated rings. The van der Waals surface area contributed by atoms with Crippen molar-refractivity contribution in [1.29, 1.82) is 5.39 Å². The number of allylic oxidation sites excluding steroid dienone is 2. The third-order valence-corrected chi connectivity index (χ3v) is 1.91. The fourth-order valence-corrected chi connectivity index (χ4v) is 0.916. The first-order valence-corrected chi connectivity index (χ1v) is 4.45. The Labute approximate surface area is 87.8 Å². The third kappa shape index (κ3) is 2.92. The number of carbonyl (C=O) groups is 1. The van der Waals surface area contributed by atoms with Crippen LogP contribution in [0.1, 0.15) is 24.2 Å². The minimum atomic E-state index is -0.462. The molecule has 0 atom stereocenters. The van der Waals surface area contributed by atoms with E-state index in [1.54, 1.807) is 38.1 Å². The van der Waals surface area contributed by atoms with E-state index in [0.29, 0.717) is 5.56 Å². The highest BCUT2D eigenvalue weighted by Crippen LogP contribution is 2.10. The van der Waals surface area contributed by atoms with Crippen LogP contribution in [-0.2, 0) is 4.74 Å². The highest BCUT2D eigenvalue weighted by atomic mass is 16.5. The van der Waals surface area contributed by atoms with Crippen molar-refractivity contribution in [2.45, 2.75) is 13.8 Å².